The number of ketones is 1. The van der Waals surface area contributed by atoms with Gasteiger partial charge in [0.05, 0.1) is 28.9 Å². The number of nitrogens with one attached hydrogen (secondary N) is 1. The van der Waals surface area contributed by atoms with Crippen LogP contribution in [0.4, 0.5) is 4.39 Å². The van der Waals surface area contributed by atoms with Crippen molar-refractivity contribution in [2.75, 3.05) is 0 Å². The number of H-pyrrole nitrogens is 1. The van der Waals surface area contributed by atoms with Crippen LogP contribution in [0.2, 0.25) is 0 Å². The van der Waals surface area contributed by atoms with Crippen LogP contribution in [0.5, 0.6) is 0 Å². The molecule has 0 spiro atoms. The lowest BCUT2D eigenvalue weighted by Gasteiger charge is -2.30. The molecule has 0 aliphatic heterocycles. The Labute approximate surface area is 192 Å². The first-order valence-corrected chi connectivity index (χ1v) is 12.0. The van der Waals surface area contributed by atoms with E-state index in [0.717, 1.165) is 49.5 Å². The predicted octanol–water partition coefficient (Wildman–Crippen LogP) is 5.35. The van der Waals surface area contributed by atoms with Crippen molar-refractivity contribution < 1.29 is 13.9 Å². The molecule has 1 heterocycles. The van der Waals surface area contributed by atoms with Gasteiger partial charge in [-0.15, -0.1) is 0 Å². The number of hydrogen-bond acceptors (Lipinski definition) is 4. The van der Waals surface area contributed by atoms with Crippen LogP contribution < -0.4 is 5.56 Å². The Balaban J connectivity index is 1.30. The molecule has 5 nitrogen and oxygen atoms in total. The van der Waals surface area contributed by atoms with E-state index in [1.807, 2.05) is 18.2 Å². The first-order valence-electron chi connectivity index (χ1n) is 12.0. The number of halogens is 1. The van der Waals surface area contributed by atoms with Gasteiger partial charge >= 0.3 is 0 Å². The van der Waals surface area contributed by atoms with Crippen LogP contribution in [0, 0.1) is 11.7 Å². The highest BCUT2D eigenvalue weighted by atomic mass is 19.1. The fourth-order valence-electron chi connectivity index (χ4n) is 5.35. The second-order valence-electron chi connectivity index (χ2n) is 9.42. The fraction of sp³-hybridized carbons (Fsp3) is 0.444. The highest BCUT2D eigenvalue weighted by molar-refractivity contribution is 5.98. The summed E-state index contributed by atoms with van der Waals surface area (Å²) in [6.07, 6.45) is 9.02. The van der Waals surface area contributed by atoms with Gasteiger partial charge in [-0.25, -0.2) is 9.49 Å². The Hall–Kier alpha value is -2.86. The molecule has 0 saturated heterocycles. The second kappa shape index (κ2) is 9.56. The molecule has 3 aromatic rings. The molecular weight excluding hydrogens is 419 g/mol. The zero-order valence-electron chi connectivity index (χ0n) is 18.7. The molecule has 0 radical (unpaired) electrons. The number of rotatable bonds is 6. The Morgan fingerprint density at radius 2 is 1.67 bits per heavy atom. The van der Waals surface area contributed by atoms with E-state index in [-0.39, 0.29) is 28.9 Å². The van der Waals surface area contributed by atoms with Crippen molar-refractivity contribution in [2.24, 2.45) is 5.92 Å². The van der Waals surface area contributed by atoms with Crippen LogP contribution in [0.1, 0.15) is 73.0 Å². The van der Waals surface area contributed by atoms with Gasteiger partial charge in [0.1, 0.15) is 5.82 Å². The Morgan fingerprint density at radius 3 is 2.42 bits per heavy atom. The zero-order valence-corrected chi connectivity index (χ0v) is 18.7. The molecule has 2 aromatic carbocycles. The number of Topliss-reactive ketones (excluding diaryl/α,β-unsaturated/α-hetero) is 1. The Bertz CT molecular complexity index is 1210. The Kier molecular flexibility index (Phi) is 6.36. The minimum atomic E-state index is -0.479. The van der Waals surface area contributed by atoms with E-state index in [0.29, 0.717) is 23.6 Å². The van der Waals surface area contributed by atoms with Crippen LogP contribution >= 0.6 is 0 Å². The van der Waals surface area contributed by atoms with Gasteiger partial charge in [-0.3, -0.25) is 9.59 Å². The van der Waals surface area contributed by atoms with E-state index in [1.54, 1.807) is 18.2 Å². The molecule has 0 atom stereocenters. The summed E-state index contributed by atoms with van der Waals surface area (Å²) in [5.74, 6) is -0.759. The zero-order chi connectivity index (χ0) is 22.8. The molecule has 2 aliphatic rings. The molecule has 1 N–H and O–H groups in total. The van der Waals surface area contributed by atoms with Gasteiger partial charge in [0.25, 0.3) is 5.56 Å². The standard InChI is InChI=1S/C27H29FN2O3/c28-24-14-9-17(16-25-21-7-3-4-8-22(21)27(32)30-29-25)15-23(24)26(31)18-10-12-20(13-11-18)33-19-5-1-2-6-19/h3-4,7-9,14-15,18-20H,1-2,5-6,10-13,16H2,(H,30,32). The van der Waals surface area contributed by atoms with Crippen molar-refractivity contribution in [1.29, 1.82) is 0 Å². The first kappa shape index (κ1) is 22.0. The maximum Gasteiger partial charge on any atom is 0.272 e. The quantitative estimate of drug-likeness (QED) is 0.516. The minimum absolute atomic E-state index is 0.118. The van der Waals surface area contributed by atoms with Crippen LogP contribution in [-0.2, 0) is 11.2 Å². The highest BCUT2D eigenvalue weighted by Gasteiger charge is 2.30. The van der Waals surface area contributed by atoms with E-state index in [1.165, 1.54) is 18.9 Å². The smallest absolute Gasteiger partial charge is 0.272 e. The molecule has 33 heavy (non-hydrogen) atoms. The summed E-state index contributed by atoms with van der Waals surface area (Å²) < 4.78 is 20.9. The average molecular weight is 449 g/mol. The molecule has 172 valence electrons. The molecule has 2 saturated carbocycles. The summed E-state index contributed by atoms with van der Waals surface area (Å²) in [5.41, 5.74) is 1.40. The van der Waals surface area contributed by atoms with Crippen molar-refractivity contribution in [1.82, 2.24) is 10.2 Å². The summed E-state index contributed by atoms with van der Waals surface area (Å²) in [5, 5.41) is 8.07. The number of nitrogens with zero attached hydrogens (tertiary/aromatic N) is 1. The van der Waals surface area contributed by atoms with Crippen LogP contribution in [0.3, 0.4) is 0 Å². The SMILES string of the molecule is O=C(c1cc(Cc2n[nH]c(=O)c3ccccc23)ccc1F)C1CCC(OC2CCCC2)CC1. The first-order chi connectivity index (χ1) is 16.1. The molecule has 1 aromatic heterocycles. The second-order valence-corrected chi connectivity index (χ2v) is 9.42. The topological polar surface area (TPSA) is 72.0 Å². The van der Waals surface area contributed by atoms with E-state index >= 15 is 0 Å². The summed E-state index contributed by atoms with van der Waals surface area (Å²) in [6.45, 7) is 0. The molecule has 5 rings (SSSR count). The molecule has 0 bridgehead atoms. The number of aromatic nitrogens is 2. The number of benzene rings is 2. The number of hydrogen-bond donors (Lipinski definition) is 1. The largest absolute Gasteiger partial charge is 0.375 e. The van der Waals surface area contributed by atoms with Gasteiger partial charge in [-0.05, 0) is 62.3 Å². The number of carbonyl (C=O) groups is 1. The monoisotopic (exact) mass is 448 g/mol. The summed E-state index contributed by atoms with van der Waals surface area (Å²) in [6, 6.07) is 12.0. The van der Waals surface area contributed by atoms with Crippen LogP contribution in [0.25, 0.3) is 10.8 Å². The summed E-state index contributed by atoms with van der Waals surface area (Å²) in [7, 11) is 0. The van der Waals surface area contributed by atoms with Gasteiger partial charge in [-0.2, -0.15) is 5.10 Å². The maximum atomic E-state index is 14.7. The van der Waals surface area contributed by atoms with Gasteiger partial charge in [0.15, 0.2) is 5.78 Å². The molecule has 6 heteroatoms. The summed E-state index contributed by atoms with van der Waals surface area (Å²) >= 11 is 0. The normalized spacial score (nSPS) is 21.5. The van der Waals surface area contributed by atoms with Crippen molar-refractivity contribution in [3.05, 3.63) is 75.5 Å². The predicted molar refractivity (Wildman–Crippen MR) is 125 cm³/mol. The summed E-state index contributed by atoms with van der Waals surface area (Å²) in [4.78, 5) is 25.2. The van der Waals surface area contributed by atoms with Gasteiger partial charge in [-0.1, -0.05) is 37.1 Å². The molecular formula is C27H29FN2O3. The molecule has 2 aliphatic carbocycles. The third kappa shape index (κ3) is 4.76. The third-order valence-corrected chi connectivity index (χ3v) is 7.17. The van der Waals surface area contributed by atoms with E-state index in [2.05, 4.69) is 10.2 Å². The number of ether oxygens (including phenoxy) is 1. The Morgan fingerprint density at radius 1 is 0.970 bits per heavy atom. The van der Waals surface area contributed by atoms with Gasteiger partial charge in [0, 0.05) is 17.7 Å². The van der Waals surface area contributed by atoms with E-state index in [9.17, 15) is 14.0 Å². The molecule has 0 amide bonds. The van der Waals surface area contributed by atoms with Crippen molar-refractivity contribution in [3.8, 4) is 0 Å². The fourth-order valence-corrected chi connectivity index (χ4v) is 5.35. The van der Waals surface area contributed by atoms with Crippen LogP contribution in [-0.4, -0.2) is 28.2 Å². The van der Waals surface area contributed by atoms with Crippen LogP contribution in [0.15, 0.2) is 47.3 Å². The number of aromatic amines is 1. The van der Waals surface area contributed by atoms with Gasteiger partial charge in [0.2, 0.25) is 0 Å². The number of carbonyl (C=O) groups excluding carboxylic acids is 1. The maximum absolute atomic E-state index is 14.7. The molecule has 0 unspecified atom stereocenters. The minimum Gasteiger partial charge on any atom is -0.375 e. The lowest BCUT2D eigenvalue weighted by Crippen LogP contribution is -2.29. The number of fused-ring (bicyclic) bond motifs is 1. The lowest BCUT2D eigenvalue weighted by atomic mass is 9.82. The van der Waals surface area contributed by atoms with Gasteiger partial charge < -0.3 is 4.74 Å². The lowest BCUT2D eigenvalue weighted by molar-refractivity contribution is -0.0310. The van der Waals surface area contributed by atoms with E-state index < -0.39 is 5.82 Å². The van der Waals surface area contributed by atoms with Crippen molar-refractivity contribution >= 4 is 16.6 Å². The molecule has 2 fully saturated rings. The van der Waals surface area contributed by atoms with Crippen molar-refractivity contribution in [2.45, 2.75) is 70.0 Å². The third-order valence-electron chi connectivity index (χ3n) is 7.17. The highest BCUT2D eigenvalue weighted by Crippen LogP contribution is 2.33. The van der Waals surface area contributed by atoms with E-state index in [4.69, 9.17) is 4.74 Å². The van der Waals surface area contributed by atoms with Crippen molar-refractivity contribution in [3.63, 3.8) is 0 Å². The average Bonchev–Trinajstić information content (AvgIpc) is 3.35.